The van der Waals surface area contributed by atoms with Gasteiger partial charge in [-0.05, 0) is 64.7 Å². The Labute approximate surface area is 213 Å². The second-order valence-corrected chi connectivity index (χ2v) is 9.69. The average Bonchev–Trinajstić information content (AvgIpc) is 3.53. The number of imide groups is 1. The summed E-state index contributed by atoms with van der Waals surface area (Å²) in [4.78, 5) is 40.7. The first-order valence-electron chi connectivity index (χ1n) is 11.8. The maximum absolute atomic E-state index is 12.8. The number of fused-ring (bicyclic) bond motifs is 1. The van der Waals surface area contributed by atoms with Gasteiger partial charge >= 0.3 is 0 Å². The van der Waals surface area contributed by atoms with Crippen molar-refractivity contribution < 1.29 is 23.9 Å². The molecule has 184 valence electrons. The van der Waals surface area contributed by atoms with Gasteiger partial charge in [-0.25, -0.2) is 0 Å². The quantitative estimate of drug-likeness (QED) is 0.419. The predicted molar refractivity (Wildman–Crippen MR) is 140 cm³/mol. The van der Waals surface area contributed by atoms with Crippen molar-refractivity contribution in [3.05, 3.63) is 76.7 Å². The largest absolute Gasteiger partial charge is 0.493 e. The summed E-state index contributed by atoms with van der Waals surface area (Å²) >= 11 is 0.843. The molecule has 2 aliphatic rings. The first kappa shape index (κ1) is 23.9. The molecule has 2 aliphatic heterocycles. The third kappa shape index (κ3) is 4.95. The predicted octanol–water partition coefficient (Wildman–Crippen LogP) is 5.09. The maximum atomic E-state index is 12.8. The molecule has 2 fully saturated rings. The van der Waals surface area contributed by atoms with Gasteiger partial charge in [-0.1, -0.05) is 48.5 Å². The smallest absolute Gasteiger partial charge is 0.294 e. The van der Waals surface area contributed by atoms with Crippen LogP contribution in [0.15, 0.2) is 65.6 Å². The van der Waals surface area contributed by atoms with Crippen LogP contribution in [0.1, 0.15) is 24.0 Å². The zero-order chi connectivity index (χ0) is 25.1. The van der Waals surface area contributed by atoms with Gasteiger partial charge in [-0.3, -0.25) is 19.3 Å². The standard InChI is InChI=1S/C28H26N2O5S/c1-34-24-15-19(11-12-23(24)35-18-21-9-6-8-20-7-2-3-10-22(20)21)16-25-27(32)30(28(33)36-25)17-26(31)29-13-4-5-14-29/h2-3,6-12,15-16H,4-5,13-14,17-18H2,1H3/b25-16+. The van der Waals surface area contributed by atoms with Crippen LogP contribution in [0.3, 0.4) is 0 Å². The molecule has 36 heavy (non-hydrogen) atoms. The zero-order valence-electron chi connectivity index (χ0n) is 19.9. The van der Waals surface area contributed by atoms with Crippen LogP contribution in [0.2, 0.25) is 0 Å². The SMILES string of the molecule is COc1cc(/C=C2/SC(=O)N(CC(=O)N3CCCC3)C2=O)ccc1OCc1cccc2ccccc12. The van der Waals surface area contributed by atoms with E-state index in [0.29, 0.717) is 36.8 Å². The number of likely N-dealkylation sites (tertiary alicyclic amines) is 1. The van der Waals surface area contributed by atoms with Crippen LogP contribution in [-0.4, -0.2) is 53.6 Å². The summed E-state index contributed by atoms with van der Waals surface area (Å²) in [6.45, 7) is 1.52. The lowest BCUT2D eigenvalue weighted by atomic mass is 10.1. The lowest BCUT2D eigenvalue weighted by Gasteiger charge is -2.18. The number of ether oxygens (including phenoxy) is 2. The molecule has 8 heteroatoms. The van der Waals surface area contributed by atoms with E-state index in [1.165, 1.54) is 0 Å². The van der Waals surface area contributed by atoms with E-state index in [0.717, 1.165) is 45.8 Å². The molecule has 7 nitrogen and oxygen atoms in total. The number of rotatable bonds is 7. The molecule has 3 amide bonds. The first-order chi connectivity index (χ1) is 17.5. The van der Waals surface area contributed by atoms with E-state index >= 15 is 0 Å². The van der Waals surface area contributed by atoms with Crippen molar-refractivity contribution in [2.24, 2.45) is 0 Å². The molecule has 0 radical (unpaired) electrons. The monoisotopic (exact) mass is 502 g/mol. The van der Waals surface area contributed by atoms with E-state index < -0.39 is 11.1 Å². The summed E-state index contributed by atoms with van der Waals surface area (Å²) in [5, 5.41) is 1.85. The normalized spacial score (nSPS) is 16.9. The Hall–Kier alpha value is -3.78. The van der Waals surface area contributed by atoms with Crippen LogP contribution in [-0.2, 0) is 16.2 Å². The van der Waals surface area contributed by atoms with Gasteiger partial charge in [0.15, 0.2) is 11.5 Å². The molecule has 0 unspecified atom stereocenters. The highest BCUT2D eigenvalue weighted by Crippen LogP contribution is 2.35. The Morgan fingerprint density at radius 1 is 1.00 bits per heavy atom. The highest BCUT2D eigenvalue weighted by molar-refractivity contribution is 8.18. The molecule has 3 aromatic rings. The van der Waals surface area contributed by atoms with Crippen molar-refractivity contribution in [2.45, 2.75) is 19.4 Å². The minimum Gasteiger partial charge on any atom is -0.493 e. The minimum atomic E-state index is -0.451. The Bertz CT molecular complexity index is 1360. The average molecular weight is 503 g/mol. The number of hydrogen-bond acceptors (Lipinski definition) is 6. The maximum Gasteiger partial charge on any atom is 0.294 e. The Morgan fingerprint density at radius 2 is 1.78 bits per heavy atom. The van der Waals surface area contributed by atoms with Crippen LogP contribution in [0, 0.1) is 0 Å². The summed E-state index contributed by atoms with van der Waals surface area (Å²) in [6.07, 6.45) is 3.55. The molecule has 0 saturated carbocycles. The molecule has 0 aromatic heterocycles. The number of nitrogens with zero attached hydrogens (tertiary/aromatic N) is 2. The van der Waals surface area contributed by atoms with Gasteiger partial charge < -0.3 is 14.4 Å². The number of benzene rings is 3. The molecule has 0 aliphatic carbocycles. The molecule has 3 aromatic carbocycles. The van der Waals surface area contributed by atoms with Crippen molar-refractivity contribution in [3.63, 3.8) is 0 Å². The minimum absolute atomic E-state index is 0.189. The first-order valence-corrected chi connectivity index (χ1v) is 12.7. The number of hydrogen-bond donors (Lipinski definition) is 0. The summed E-state index contributed by atoms with van der Waals surface area (Å²) in [7, 11) is 1.56. The van der Waals surface area contributed by atoms with Crippen LogP contribution < -0.4 is 9.47 Å². The Balaban J connectivity index is 1.29. The topological polar surface area (TPSA) is 76.2 Å². The van der Waals surface area contributed by atoms with Crippen LogP contribution in [0.25, 0.3) is 16.8 Å². The molecular weight excluding hydrogens is 476 g/mol. The van der Waals surface area contributed by atoms with Crippen LogP contribution in [0.5, 0.6) is 11.5 Å². The second-order valence-electron chi connectivity index (χ2n) is 8.69. The van der Waals surface area contributed by atoms with Gasteiger partial charge in [0.1, 0.15) is 13.2 Å². The number of carbonyl (C=O) groups is 3. The zero-order valence-corrected chi connectivity index (χ0v) is 20.8. The number of thioether (sulfide) groups is 1. The Morgan fingerprint density at radius 3 is 2.58 bits per heavy atom. The molecule has 0 spiro atoms. The van der Waals surface area contributed by atoms with Gasteiger partial charge in [-0.15, -0.1) is 0 Å². The van der Waals surface area contributed by atoms with E-state index in [9.17, 15) is 14.4 Å². The second kappa shape index (κ2) is 10.5. The molecule has 2 saturated heterocycles. The molecule has 0 N–H and O–H groups in total. The third-order valence-corrected chi connectivity index (χ3v) is 7.28. The fraction of sp³-hybridized carbons (Fsp3) is 0.250. The summed E-state index contributed by atoms with van der Waals surface area (Å²) < 4.78 is 11.6. The van der Waals surface area contributed by atoms with Crippen molar-refractivity contribution in [2.75, 3.05) is 26.7 Å². The lowest BCUT2D eigenvalue weighted by Crippen LogP contribution is -2.40. The third-order valence-electron chi connectivity index (χ3n) is 6.37. The van der Waals surface area contributed by atoms with Gasteiger partial charge in [0, 0.05) is 13.1 Å². The highest BCUT2D eigenvalue weighted by Gasteiger charge is 2.37. The summed E-state index contributed by atoms with van der Waals surface area (Å²) in [5.41, 5.74) is 1.76. The Kier molecular flexibility index (Phi) is 6.95. The van der Waals surface area contributed by atoms with Crippen LogP contribution in [0.4, 0.5) is 4.79 Å². The highest BCUT2D eigenvalue weighted by atomic mass is 32.2. The number of carbonyl (C=O) groups excluding carboxylic acids is 3. The van der Waals surface area contributed by atoms with E-state index in [-0.39, 0.29) is 17.4 Å². The fourth-order valence-corrected chi connectivity index (χ4v) is 5.29. The van der Waals surface area contributed by atoms with Gasteiger partial charge in [0.25, 0.3) is 11.1 Å². The molecular formula is C28H26N2O5S. The summed E-state index contributed by atoms with van der Waals surface area (Å²) in [6, 6.07) is 19.6. The van der Waals surface area contributed by atoms with Gasteiger partial charge in [-0.2, -0.15) is 0 Å². The van der Waals surface area contributed by atoms with E-state index in [4.69, 9.17) is 9.47 Å². The molecule has 0 atom stereocenters. The number of amides is 3. The van der Waals surface area contributed by atoms with Crippen molar-refractivity contribution in [3.8, 4) is 11.5 Å². The molecule has 2 heterocycles. The summed E-state index contributed by atoms with van der Waals surface area (Å²) in [5.74, 6) is 0.456. The van der Waals surface area contributed by atoms with Gasteiger partial charge in [0.2, 0.25) is 5.91 Å². The van der Waals surface area contributed by atoms with Crippen LogP contribution >= 0.6 is 11.8 Å². The molecule has 5 rings (SSSR count). The van der Waals surface area contributed by atoms with Crippen molar-refractivity contribution in [1.82, 2.24) is 9.80 Å². The van der Waals surface area contributed by atoms with Gasteiger partial charge in [0.05, 0.1) is 12.0 Å². The molecule has 0 bridgehead atoms. The van der Waals surface area contributed by atoms with Crippen molar-refractivity contribution >= 4 is 45.7 Å². The van der Waals surface area contributed by atoms with Crippen molar-refractivity contribution in [1.29, 1.82) is 0 Å². The number of methoxy groups -OCH3 is 1. The lowest BCUT2D eigenvalue weighted by molar-refractivity contribution is -0.135. The van der Waals surface area contributed by atoms with E-state index in [1.807, 2.05) is 30.3 Å². The van der Waals surface area contributed by atoms with E-state index in [2.05, 4.69) is 18.2 Å². The van der Waals surface area contributed by atoms with E-state index in [1.54, 1.807) is 30.2 Å². The fourth-order valence-electron chi connectivity index (χ4n) is 4.46.